The first kappa shape index (κ1) is 15.4. The first-order valence-electron chi connectivity index (χ1n) is 6.35. The van der Waals surface area contributed by atoms with Gasteiger partial charge in [0.1, 0.15) is 11.6 Å². The van der Waals surface area contributed by atoms with Crippen LogP contribution in [0.3, 0.4) is 0 Å². The third-order valence-electron chi connectivity index (χ3n) is 2.85. The molecule has 2 rings (SSSR count). The molecule has 6 heteroatoms. The van der Waals surface area contributed by atoms with E-state index in [1.165, 1.54) is 9.75 Å². The van der Waals surface area contributed by atoms with Crippen molar-refractivity contribution in [3.8, 4) is 0 Å². The largest absolute Gasteiger partial charge is 0.372 e. The molecule has 1 unspecified atom stereocenters. The first-order chi connectivity index (χ1) is 9.49. The number of hydrogen-bond acceptors (Lipinski definition) is 4. The number of aryl methyl sites for hydroxylation is 1. The standard InChI is InChI=1S/C14H17Cl2N3S/c1-8(6-10-5-4-9(2)20-10)18-14-12(16)7-11(15)13(17-3)19-14/h4-5,7-8H,6H2,1-3H3,(H2,17,18,19). The van der Waals surface area contributed by atoms with Crippen LogP contribution in [-0.4, -0.2) is 18.1 Å². The Bertz CT molecular complexity index is 598. The van der Waals surface area contributed by atoms with Gasteiger partial charge in [-0.2, -0.15) is 0 Å². The lowest BCUT2D eigenvalue weighted by molar-refractivity contribution is 0.795. The molecule has 0 aliphatic rings. The third-order valence-corrected chi connectivity index (χ3v) is 4.45. The zero-order chi connectivity index (χ0) is 14.7. The van der Waals surface area contributed by atoms with Gasteiger partial charge in [0.15, 0.2) is 0 Å². The number of rotatable bonds is 5. The lowest BCUT2D eigenvalue weighted by atomic mass is 10.2. The lowest BCUT2D eigenvalue weighted by Crippen LogP contribution is -2.19. The van der Waals surface area contributed by atoms with Crippen molar-refractivity contribution < 1.29 is 0 Å². The van der Waals surface area contributed by atoms with Gasteiger partial charge in [-0.05, 0) is 32.0 Å². The number of aromatic nitrogens is 1. The van der Waals surface area contributed by atoms with Gasteiger partial charge in [0.05, 0.1) is 10.0 Å². The average Bonchev–Trinajstić information content (AvgIpc) is 2.78. The van der Waals surface area contributed by atoms with Crippen LogP contribution in [0.2, 0.25) is 10.0 Å². The second kappa shape index (κ2) is 6.66. The van der Waals surface area contributed by atoms with Crippen LogP contribution in [0.1, 0.15) is 16.7 Å². The van der Waals surface area contributed by atoms with Crippen molar-refractivity contribution in [2.75, 3.05) is 17.7 Å². The van der Waals surface area contributed by atoms with Crippen LogP contribution >= 0.6 is 34.5 Å². The summed E-state index contributed by atoms with van der Waals surface area (Å²) in [4.78, 5) is 7.07. The van der Waals surface area contributed by atoms with E-state index in [2.05, 4.69) is 41.6 Å². The minimum absolute atomic E-state index is 0.240. The molecule has 0 radical (unpaired) electrons. The van der Waals surface area contributed by atoms with Gasteiger partial charge in [0, 0.05) is 29.3 Å². The molecule has 0 aliphatic heterocycles. The Morgan fingerprint density at radius 1 is 1.25 bits per heavy atom. The van der Waals surface area contributed by atoms with E-state index in [4.69, 9.17) is 23.2 Å². The van der Waals surface area contributed by atoms with Crippen molar-refractivity contribution in [2.24, 2.45) is 0 Å². The highest BCUT2D eigenvalue weighted by molar-refractivity contribution is 7.11. The molecule has 0 saturated heterocycles. The van der Waals surface area contributed by atoms with Crippen molar-refractivity contribution in [1.29, 1.82) is 0 Å². The number of thiophene rings is 1. The number of anilines is 2. The van der Waals surface area contributed by atoms with E-state index in [1.807, 2.05) is 11.3 Å². The zero-order valence-corrected chi connectivity index (χ0v) is 14.0. The molecule has 3 nitrogen and oxygen atoms in total. The van der Waals surface area contributed by atoms with Gasteiger partial charge in [-0.3, -0.25) is 0 Å². The van der Waals surface area contributed by atoms with Crippen molar-refractivity contribution >= 4 is 46.2 Å². The van der Waals surface area contributed by atoms with E-state index >= 15 is 0 Å². The second-order valence-corrected chi connectivity index (χ2v) is 6.85. The number of nitrogens with zero attached hydrogens (tertiary/aromatic N) is 1. The molecule has 1 atom stereocenters. The van der Waals surface area contributed by atoms with E-state index in [9.17, 15) is 0 Å². The van der Waals surface area contributed by atoms with Crippen LogP contribution in [0, 0.1) is 6.92 Å². The van der Waals surface area contributed by atoms with Gasteiger partial charge < -0.3 is 10.6 Å². The summed E-state index contributed by atoms with van der Waals surface area (Å²) in [6, 6.07) is 6.24. The minimum atomic E-state index is 0.240. The fraction of sp³-hybridized carbons (Fsp3) is 0.357. The lowest BCUT2D eigenvalue weighted by Gasteiger charge is -2.16. The summed E-state index contributed by atoms with van der Waals surface area (Å²) < 4.78 is 0. The third kappa shape index (κ3) is 3.78. The normalized spacial score (nSPS) is 12.2. The van der Waals surface area contributed by atoms with Gasteiger partial charge >= 0.3 is 0 Å². The fourth-order valence-corrected chi connectivity index (χ4v) is 3.45. The molecular weight excluding hydrogens is 313 g/mol. The molecule has 0 fully saturated rings. The quantitative estimate of drug-likeness (QED) is 0.823. The predicted octanol–water partition coefficient (Wildman–Crippen LogP) is 4.84. The smallest absolute Gasteiger partial charge is 0.147 e. The van der Waals surface area contributed by atoms with Gasteiger partial charge in [-0.15, -0.1) is 11.3 Å². The molecule has 2 aromatic rings. The summed E-state index contributed by atoms with van der Waals surface area (Å²) >= 11 is 14.0. The van der Waals surface area contributed by atoms with Crippen molar-refractivity contribution in [2.45, 2.75) is 26.3 Å². The maximum Gasteiger partial charge on any atom is 0.147 e. The number of pyridine rings is 1. The Kier molecular flexibility index (Phi) is 5.13. The maximum atomic E-state index is 6.18. The van der Waals surface area contributed by atoms with Crippen molar-refractivity contribution in [3.63, 3.8) is 0 Å². The van der Waals surface area contributed by atoms with Crippen LogP contribution in [0.4, 0.5) is 11.6 Å². The van der Waals surface area contributed by atoms with E-state index in [1.54, 1.807) is 13.1 Å². The van der Waals surface area contributed by atoms with E-state index in [0.717, 1.165) is 6.42 Å². The van der Waals surface area contributed by atoms with Crippen molar-refractivity contribution in [3.05, 3.63) is 38.0 Å². The number of nitrogens with one attached hydrogen (secondary N) is 2. The summed E-state index contributed by atoms with van der Waals surface area (Å²) in [7, 11) is 1.78. The molecule has 0 saturated carbocycles. The van der Waals surface area contributed by atoms with Gasteiger partial charge in [-0.1, -0.05) is 23.2 Å². The molecule has 108 valence electrons. The second-order valence-electron chi connectivity index (χ2n) is 4.66. The highest BCUT2D eigenvalue weighted by Gasteiger charge is 2.12. The van der Waals surface area contributed by atoms with Crippen LogP contribution in [0.25, 0.3) is 0 Å². The van der Waals surface area contributed by atoms with Crippen LogP contribution in [-0.2, 0) is 6.42 Å². The molecule has 20 heavy (non-hydrogen) atoms. The SMILES string of the molecule is CNc1nc(NC(C)Cc2ccc(C)s2)c(Cl)cc1Cl. The average molecular weight is 330 g/mol. The molecular formula is C14H17Cl2N3S. The Labute approximate surface area is 133 Å². The van der Waals surface area contributed by atoms with Crippen LogP contribution in [0.5, 0.6) is 0 Å². The van der Waals surface area contributed by atoms with Crippen LogP contribution < -0.4 is 10.6 Å². The Morgan fingerprint density at radius 2 is 1.95 bits per heavy atom. The molecule has 2 N–H and O–H groups in total. The van der Waals surface area contributed by atoms with Gasteiger partial charge in [-0.25, -0.2) is 4.98 Å². The molecule has 2 aromatic heterocycles. The summed E-state index contributed by atoms with van der Waals surface area (Å²) in [5, 5.41) is 7.33. The fourth-order valence-electron chi connectivity index (χ4n) is 1.92. The van der Waals surface area contributed by atoms with Gasteiger partial charge in [0.25, 0.3) is 0 Å². The summed E-state index contributed by atoms with van der Waals surface area (Å²) in [6.45, 7) is 4.23. The molecule has 0 bridgehead atoms. The predicted molar refractivity (Wildman–Crippen MR) is 89.6 cm³/mol. The highest BCUT2D eigenvalue weighted by atomic mass is 35.5. The first-order valence-corrected chi connectivity index (χ1v) is 7.92. The molecule has 0 spiro atoms. The van der Waals surface area contributed by atoms with E-state index in [0.29, 0.717) is 21.7 Å². The zero-order valence-electron chi connectivity index (χ0n) is 11.6. The summed E-state index contributed by atoms with van der Waals surface area (Å²) in [5.74, 6) is 1.28. The van der Waals surface area contributed by atoms with E-state index < -0.39 is 0 Å². The number of halogens is 2. The monoisotopic (exact) mass is 329 g/mol. The molecule has 0 aromatic carbocycles. The molecule has 0 amide bonds. The van der Waals surface area contributed by atoms with Crippen molar-refractivity contribution in [1.82, 2.24) is 4.98 Å². The number of hydrogen-bond donors (Lipinski definition) is 2. The Morgan fingerprint density at radius 3 is 2.55 bits per heavy atom. The Hall–Kier alpha value is -0.970. The maximum absolute atomic E-state index is 6.18. The minimum Gasteiger partial charge on any atom is -0.372 e. The topological polar surface area (TPSA) is 37.0 Å². The summed E-state index contributed by atoms with van der Waals surface area (Å²) in [5.41, 5.74) is 0. The van der Waals surface area contributed by atoms with Gasteiger partial charge in [0.2, 0.25) is 0 Å². The van der Waals surface area contributed by atoms with Crippen LogP contribution in [0.15, 0.2) is 18.2 Å². The molecule has 0 aliphatic carbocycles. The van der Waals surface area contributed by atoms with E-state index in [-0.39, 0.29) is 6.04 Å². The summed E-state index contributed by atoms with van der Waals surface area (Å²) in [6.07, 6.45) is 0.939. The Balaban J connectivity index is 2.09. The highest BCUT2D eigenvalue weighted by Crippen LogP contribution is 2.29. The molecule has 2 heterocycles.